The Labute approximate surface area is 361 Å². The zero-order chi connectivity index (χ0) is 37.2. The SMILES string of the molecule is CCCCCCCCCCCCCCCCCCOC(=O)/C(C#N)=C\[O-].[K+].c1ccc2c(c1)OCCOCCOc1ccccc1OCCOCCO2. The Morgan fingerprint density at radius 1 is 0.604 bits per heavy atom. The standard InChI is InChI=1S/C22H39NO3.C20H24O6.K/c1-2-3-4-5-6-7-8-9-10-11-12-13-14-15-16-17-18-26-22(25)21(19-23)20-24;1-2-6-18-17(5-1)23-13-9-21-11-15-25-19-7-3-4-8-20(19)26-16-12-22-10-14-24-18;/h20,24H,2-18H2,1H3;1-8H,9-16H2;/q;;+1/p-1/b21-20-;;. The topological polar surface area (TPSA) is 129 Å². The van der Waals surface area contributed by atoms with E-state index in [4.69, 9.17) is 38.4 Å². The molecule has 1 aliphatic heterocycles. The molecule has 0 amide bonds. The molecule has 10 nitrogen and oxygen atoms in total. The minimum Gasteiger partial charge on any atom is -0.877 e. The number of nitriles is 1. The van der Waals surface area contributed by atoms with Crippen molar-refractivity contribution in [2.24, 2.45) is 0 Å². The minimum absolute atomic E-state index is 0. The fourth-order valence-corrected chi connectivity index (χ4v) is 5.44. The van der Waals surface area contributed by atoms with Gasteiger partial charge in [-0.15, -0.1) is 6.26 Å². The van der Waals surface area contributed by atoms with Gasteiger partial charge in [-0.2, -0.15) is 5.26 Å². The summed E-state index contributed by atoms with van der Waals surface area (Å²) in [6, 6.07) is 16.7. The van der Waals surface area contributed by atoms with Crippen LogP contribution in [0.25, 0.3) is 0 Å². The van der Waals surface area contributed by atoms with Gasteiger partial charge in [0.25, 0.3) is 0 Å². The number of hydrogen-bond donors (Lipinski definition) is 0. The summed E-state index contributed by atoms with van der Waals surface area (Å²) in [5.74, 6) is 2.00. The molecule has 0 fully saturated rings. The molecule has 0 bridgehead atoms. The Bertz CT molecular complexity index is 1140. The van der Waals surface area contributed by atoms with Crippen LogP contribution in [0.1, 0.15) is 110 Å². The van der Waals surface area contributed by atoms with E-state index in [0.29, 0.717) is 75.9 Å². The second-order valence-corrected chi connectivity index (χ2v) is 12.6. The van der Waals surface area contributed by atoms with E-state index in [1.807, 2.05) is 48.5 Å². The van der Waals surface area contributed by atoms with Crippen molar-refractivity contribution in [2.75, 3.05) is 59.5 Å². The smallest absolute Gasteiger partial charge is 0.877 e. The number of benzene rings is 2. The largest absolute Gasteiger partial charge is 1.00 e. The maximum atomic E-state index is 11.3. The van der Waals surface area contributed by atoms with Gasteiger partial charge in [-0.3, -0.25) is 0 Å². The maximum Gasteiger partial charge on any atom is 1.00 e. The van der Waals surface area contributed by atoms with Crippen molar-refractivity contribution in [3.8, 4) is 29.1 Å². The number of nitrogens with zero attached hydrogens (tertiary/aromatic N) is 1. The summed E-state index contributed by atoms with van der Waals surface area (Å²) in [5, 5.41) is 18.9. The Balaban J connectivity index is 0.000000520. The molecule has 1 aliphatic rings. The van der Waals surface area contributed by atoms with Gasteiger partial charge in [0.1, 0.15) is 38.1 Å². The first-order chi connectivity index (χ1) is 25.7. The number of carbonyl (C=O) groups excluding carboxylic acids is 1. The minimum atomic E-state index is -0.802. The van der Waals surface area contributed by atoms with Crippen LogP contribution in [0.15, 0.2) is 60.4 Å². The Kier molecular flexibility index (Phi) is 32.5. The van der Waals surface area contributed by atoms with Crippen molar-refractivity contribution < 1.29 is 94.4 Å². The van der Waals surface area contributed by atoms with Gasteiger partial charge < -0.3 is 38.3 Å². The second kappa shape index (κ2) is 35.4. The maximum absolute atomic E-state index is 11.3. The molecule has 0 aliphatic carbocycles. The third kappa shape index (κ3) is 25.4. The van der Waals surface area contributed by atoms with E-state index in [1.165, 1.54) is 89.5 Å². The van der Waals surface area contributed by atoms with E-state index in [-0.39, 0.29) is 64.3 Å². The molecular weight excluding hydrogens is 702 g/mol. The number of hydrogen-bond acceptors (Lipinski definition) is 10. The van der Waals surface area contributed by atoms with E-state index < -0.39 is 11.5 Å². The number of rotatable bonds is 18. The van der Waals surface area contributed by atoms with Crippen LogP contribution in [-0.2, 0) is 19.0 Å². The van der Waals surface area contributed by atoms with E-state index in [2.05, 4.69) is 6.92 Å². The van der Waals surface area contributed by atoms with Gasteiger partial charge in [-0.1, -0.05) is 128 Å². The van der Waals surface area contributed by atoms with Crippen LogP contribution in [0.3, 0.4) is 0 Å². The molecule has 0 atom stereocenters. The summed E-state index contributed by atoms with van der Waals surface area (Å²) in [7, 11) is 0. The van der Waals surface area contributed by atoms with Crippen LogP contribution >= 0.6 is 0 Å². The van der Waals surface area contributed by atoms with Crippen molar-refractivity contribution in [3.05, 3.63) is 60.4 Å². The molecule has 0 saturated carbocycles. The van der Waals surface area contributed by atoms with Gasteiger partial charge >= 0.3 is 57.4 Å². The van der Waals surface area contributed by atoms with Crippen molar-refractivity contribution in [1.82, 2.24) is 0 Å². The van der Waals surface area contributed by atoms with E-state index in [9.17, 15) is 9.90 Å². The number of ether oxygens (including phenoxy) is 7. The van der Waals surface area contributed by atoms with Gasteiger partial charge in [0, 0.05) is 0 Å². The molecule has 0 spiro atoms. The molecule has 0 unspecified atom stereocenters. The Morgan fingerprint density at radius 2 is 0.925 bits per heavy atom. The van der Waals surface area contributed by atoms with E-state index >= 15 is 0 Å². The molecule has 0 N–H and O–H groups in total. The molecule has 0 aromatic heterocycles. The first-order valence-corrected chi connectivity index (χ1v) is 19.4. The van der Waals surface area contributed by atoms with E-state index in [1.54, 1.807) is 0 Å². The summed E-state index contributed by atoms with van der Waals surface area (Å²) in [6.45, 7) is 6.20. The summed E-state index contributed by atoms with van der Waals surface area (Å²) < 4.78 is 38.9. The molecule has 0 radical (unpaired) electrons. The Morgan fingerprint density at radius 3 is 1.23 bits per heavy atom. The third-order valence-electron chi connectivity index (χ3n) is 8.33. The van der Waals surface area contributed by atoms with Crippen LogP contribution in [0.2, 0.25) is 0 Å². The molecule has 2 aromatic rings. The van der Waals surface area contributed by atoms with Gasteiger partial charge in [0.2, 0.25) is 0 Å². The van der Waals surface area contributed by atoms with Gasteiger partial charge in [0.05, 0.1) is 33.0 Å². The summed E-state index contributed by atoms with van der Waals surface area (Å²) in [4.78, 5) is 11.3. The molecule has 0 saturated heterocycles. The third-order valence-corrected chi connectivity index (χ3v) is 8.33. The van der Waals surface area contributed by atoms with E-state index in [0.717, 1.165) is 19.3 Å². The van der Waals surface area contributed by atoms with Gasteiger partial charge in [-0.25, -0.2) is 4.79 Å². The van der Waals surface area contributed by atoms with Crippen molar-refractivity contribution in [3.63, 3.8) is 0 Å². The summed E-state index contributed by atoms with van der Waals surface area (Å²) in [5.41, 5.74) is -0.457. The summed E-state index contributed by atoms with van der Waals surface area (Å²) in [6.07, 6.45) is 21.0. The number of para-hydroxylation sites is 4. The second-order valence-electron chi connectivity index (χ2n) is 12.6. The van der Waals surface area contributed by atoms with Crippen LogP contribution in [0, 0.1) is 11.3 Å². The van der Waals surface area contributed by atoms with Crippen LogP contribution in [0.5, 0.6) is 23.0 Å². The number of fused-ring (bicyclic) bond motifs is 2. The van der Waals surface area contributed by atoms with Gasteiger partial charge in [0.15, 0.2) is 23.0 Å². The first-order valence-electron chi connectivity index (χ1n) is 19.4. The monoisotopic (exact) mass is 763 g/mol. The normalized spacial score (nSPS) is 13.8. The molecule has 1 heterocycles. The zero-order valence-electron chi connectivity index (χ0n) is 32.5. The van der Waals surface area contributed by atoms with Crippen molar-refractivity contribution >= 4 is 5.97 Å². The molecule has 2 aromatic carbocycles. The average Bonchev–Trinajstić information content (AvgIpc) is 3.16. The number of carbonyl (C=O) groups is 1. The van der Waals surface area contributed by atoms with Crippen molar-refractivity contribution in [2.45, 2.75) is 110 Å². The predicted molar refractivity (Wildman–Crippen MR) is 201 cm³/mol. The van der Waals surface area contributed by atoms with Crippen LogP contribution < -0.4 is 75.4 Å². The summed E-state index contributed by atoms with van der Waals surface area (Å²) >= 11 is 0. The first kappa shape index (κ1) is 48.7. The molecule has 290 valence electrons. The van der Waals surface area contributed by atoms with Crippen LogP contribution in [-0.4, -0.2) is 65.4 Å². The average molecular weight is 764 g/mol. The molecule has 3 rings (SSSR count). The molecule has 11 heteroatoms. The predicted octanol–water partition coefficient (Wildman–Crippen LogP) is 5.51. The molecule has 53 heavy (non-hydrogen) atoms. The quantitative estimate of drug-likeness (QED) is 0.0479. The van der Waals surface area contributed by atoms with Gasteiger partial charge in [-0.05, 0) is 30.7 Å². The number of unbranched alkanes of at least 4 members (excludes halogenated alkanes) is 15. The fraction of sp³-hybridized carbons (Fsp3) is 0.619. The van der Waals surface area contributed by atoms with Crippen LogP contribution in [0.4, 0.5) is 0 Å². The molecular formula is C42H62KNO9. The Hall–Kier alpha value is -2.30. The zero-order valence-corrected chi connectivity index (χ0v) is 35.6. The van der Waals surface area contributed by atoms with Crippen molar-refractivity contribution in [1.29, 1.82) is 5.26 Å². The fourth-order valence-electron chi connectivity index (χ4n) is 5.44. The number of esters is 1.